The molecule has 182 valence electrons. The van der Waals surface area contributed by atoms with Gasteiger partial charge in [0.25, 0.3) is 0 Å². The number of fused-ring (bicyclic) bond motifs is 1. The van der Waals surface area contributed by atoms with Crippen LogP contribution in [0.3, 0.4) is 0 Å². The molecule has 1 fully saturated rings. The molecule has 0 spiro atoms. The van der Waals surface area contributed by atoms with Crippen LogP contribution in [0.4, 0.5) is 0 Å². The van der Waals surface area contributed by atoms with Crippen LogP contribution in [-0.4, -0.2) is 30.7 Å². The topological polar surface area (TPSA) is 46.2 Å². The Morgan fingerprint density at radius 1 is 0.657 bits per heavy atom. The van der Waals surface area contributed by atoms with E-state index in [0.29, 0.717) is 19.8 Å². The predicted molar refractivity (Wildman–Crippen MR) is 133 cm³/mol. The van der Waals surface area contributed by atoms with Gasteiger partial charge in [-0.1, -0.05) is 91.0 Å². The van der Waals surface area contributed by atoms with Crippen molar-refractivity contribution >= 4 is 0 Å². The van der Waals surface area contributed by atoms with Crippen molar-refractivity contribution in [3.8, 4) is 0 Å². The fraction of sp³-hybridized carbons (Fsp3) is 0.333. The van der Waals surface area contributed by atoms with Crippen LogP contribution in [0.1, 0.15) is 30.0 Å². The number of allylic oxidation sites excluding steroid dienone is 1. The zero-order valence-electron chi connectivity index (χ0n) is 20.0. The van der Waals surface area contributed by atoms with Gasteiger partial charge in [0.15, 0.2) is 12.4 Å². The number of ether oxygens (including phenoxy) is 5. The molecule has 3 aromatic rings. The minimum atomic E-state index is -0.587. The highest BCUT2D eigenvalue weighted by Gasteiger charge is 2.50. The molecule has 0 aliphatic carbocycles. The maximum atomic E-state index is 6.53. The van der Waals surface area contributed by atoms with E-state index in [-0.39, 0.29) is 18.3 Å². The molecule has 1 saturated heterocycles. The highest BCUT2D eigenvalue weighted by atomic mass is 16.7. The lowest BCUT2D eigenvalue weighted by atomic mass is 9.94. The third-order valence-corrected chi connectivity index (χ3v) is 6.38. The molecule has 5 heteroatoms. The van der Waals surface area contributed by atoms with Crippen LogP contribution in [-0.2, 0) is 43.5 Å². The molecule has 0 aromatic heterocycles. The summed E-state index contributed by atoms with van der Waals surface area (Å²) in [6.45, 7) is 3.28. The lowest BCUT2D eigenvalue weighted by molar-refractivity contribution is -0.322. The minimum Gasteiger partial charge on any atom is -0.490 e. The Bertz CT molecular complexity index is 1070. The van der Waals surface area contributed by atoms with Crippen molar-refractivity contribution in [2.45, 2.75) is 63.9 Å². The van der Waals surface area contributed by atoms with Crippen LogP contribution < -0.4 is 0 Å². The molecule has 3 aromatic carbocycles. The SMILES string of the molecule is CC1=CC[C@@H]2O[C@H](OCc3ccccc3)[C@@H](OCc3ccccc3)[C@H](OCc3ccccc3)[C@H]2O1. The van der Waals surface area contributed by atoms with Gasteiger partial charge >= 0.3 is 0 Å². The van der Waals surface area contributed by atoms with E-state index < -0.39 is 12.4 Å². The van der Waals surface area contributed by atoms with Gasteiger partial charge in [-0.3, -0.25) is 0 Å². The molecule has 0 unspecified atom stereocenters. The second-order valence-corrected chi connectivity index (χ2v) is 8.99. The second-order valence-electron chi connectivity index (χ2n) is 8.99. The van der Waals surface area contributed by atoms with Crippen LogP contribution in [0, 0.1) is 0 Å². The summed E-state index contributed by atoms with van der Waals surface area (Å²) in [6, 6.07) is 30.4. The van der Waals surface area contributed by atoms with Crippen LogP contribution in [0.5, 0.6) is 0 Å². The normalized spacial score (nSPS) is 25.9. The monoisotopic (exact) mass is 472 g/mol. The number of rotatable bonds is 9. The van der Waals surface area contributed by atoms with E-state index in [1.165, 1.54) is 0 Å². The highest BCUT2D eigenvalue weighted by molar-refractivity contribution is 5.16. The van der Waals surface area contributed by atoms with Crippen LogP contribution in [0.2, 0.25) is 0 Å². The Kier molecular flexibility index (Phi) is 7.91. The van der Waals surface area contributed by atoms with Gasteiger partial charge in [-0.15, -0.1) is 0 Å². The summed E-state index contributed by atoms with van der Waals surface area (Å²) in [5.41, 5.74) is 3.26. The van der Waals surface area contributed by atoms with Crippen molar-refractivity contribution in [1.29, 1.82) is 0 Å². The average molecular weight is 473 g/mol. The molecule has 0 N–H and O–H groups in total. The molecule has 2 aliphatic rings. The smallest absolute Gasteiger partial charge is 0.187 e. The van der Waals surface area contributed by atoms with Crippen molar-refractivity contribution in [3.63, 3.8) is 0 Å². The van der Waals surface area contributed by atoms with Crippen molar-refractivity contribution < 1.29 is 23.7 Å². The Labute approximate surface area is 207 Å². The molecule has 2 aliphatic heterocycles. The molecule has 0 bridgehead atoms. The summed E-state index contributed by atoms with van der Waals surface area (Å²) < 4.78 is 32.0. The zero-order valence-corrected chi connectivity index (χ0v) is 20.0. The molecule has 5 nitrogen and oxygen atoms in total. The van der Waals surface area contributed by atoms with Crippen molar-refractivity contribution in [2.75, 3.05) is 0 Å². The molecule has 0 radical (unpaired) electrons. The van der Waals surface area contributed by atoms with Gasteiger partial charge in [0, 0.05) is 0 Å². The second kappa shape index (κ2) is 11.6. The molecule has 5 atom stereocenters. The molecule has 0 saturated carbocycles. The largest absolute Gasteiger partial charge is 0.490 e. The molecule has 5 rings (SSSR count). The van der Waals surface area contributed by atoms with Crippen molar-refractivity contribution in [2.24, 2.45) is 0 Å². The Morgan fingerprint density at radius 2 is 1.14 bits per heavy atom. The lowest BCUT2D eigenvalue weighted by Crippen LogP contribution is -2.61. The maximum absolute atomic E-state index is 6.53. The third kappa shape index (κ3) is 6.19. The van der Waals surface area contributed by atoms with Gasteiger partial charge in [0.05, 0.1) is 25.6 Å². The Balaban J connectivity index is 1.39. The van der Waals surface area contributed by atoms with E-state index in [9.17, 15) is 0 Å². The van der Waals surface area contributed by atoms with Gasteiger partial charge in [0.2, 0.25) is 0 Å². The summed E-state index contributed by atoms with van der Waals surface area (Å²) in [4.78, 5) is 0. The van der Waals surface area contributed by atoms with Gasteiger partial charge in [0.1, 0.15) is 18.3 Å². The summed E-state index contributed by atoms with van der Waals surface area (Å²) in [7, 11) is 0. The van der Waals surface area contributed by atoms with Gasteiger partial charge in [-0.25, -0.2) is 0 Å². The lowest BCUT2D eigenvalue weighted by Gasteiger charge is -2.47. The van der Waals surface area contributed by atoms with E-state index in [2.05, 4.69) is 30.3 Å². The van der Waals surface area contributed by atoms with Crippen LogP contribution in [0.15, 0.2) is 103 Å². The van der Waals surface area contributed by atoms with Crippen LogP contribution >= 0.6 is 0 Å². The summed E-state index contributed by atoms with van der Waals surface area (Å²) in [5.74, 6) is 0.883. The number of hydrogen-bond donors (Lipinski definition) is 0. The van der Waals surface area contributed by atoms with E-state index in [0.717, 1.165) is 28.9 Å². The first-order valence-electron chi connectivity index (χ1n) is 12.2. The first-order valence-corrected chi connectivity index (χ1v) is 12.2. The van der Waals surface area contributed by atoms with Gasteiger partial charge in [-0.05, 0) is 36.1 Å². The van der Waals surface area contributed by atoms with E-state index in [1.807, 2.05) is 73.7 Å². The van der Waals surface area contributed by atoms with E-state index >= 15 is 0 Å². The summed E-state index contributed by atoms with van der Waals surface area (Å²) in [5, 5.41) is 0. The zero-order chi connectivity index (χ0) is 23.9. The first-order chi connectivity index (χ1) is 17.3. The fourth-order valence-electron chi connectivity index (χ4n) is 4.54. The molecule has 35 heavy (non-hydrogen) atoms. The maximum Gasteiger partial charge on any atom is 0.187 e. The van der Waals surface area contributed by atoms with Crippen molar-refractivity contribution in [1.82, 2.24) is 0 Å². The Hall–Kier alpha value is -2.96. The predicted octanol–water partition coefficient (Wildman–Crippen LogP) is 5.79. The minimum absolute atomic E-state index is 0.170. The van der Waals surface area contributed by atoms with Crippen LogP contribution in [0.25, 0.3) is 0 Å². The summed E-state index contributed by atoms with van der Waals surface area (Å²) >= 11 is 0. The van der Waals surface area contributed by atoms with E-state index in [4.69, 9.17) is 23.7 Å². The molecule has 2 heterocycles. The fourth-order valence-corrected chi connectivity index (χ4v) is 4.54. The Morgan fingerprint density at radius 3 is 1.69 bits per heavy atom. The quantitative estimate of drug-likeness (QED) is 0.394. The number of benzene rings is 3. The van der Waals surface area contributed by atoms with Crippen molar-refractivity contribution in [3.05, 3.63) is 120 Å². The van der Waals surface area contributed by atoms with Gasteiger partial charge in [-0.2, -0.15) is 0 Å². The first kappa shape index (κ1) is 23.8. The van der Waals surface area contributed by atoms with E-state index in [1.54, 1.807) is 0 Å². The molecule has 0 amide bonds. The highest BCUT2D eigenvalue weighted by Crippen LogP contribution is 2.35. The van der Waals surface area contributed by atoms with Gasteiger partial charge < -0.3 is 23.7 Å². The third-order valence-electron chi connectivity index (χ3n) is 6.38. The average Bonchev–Trinajstić information content (AvgIpc) is 2.91. The standard InChI is InChI=1S/C30H32O5/c1-22-17-18-26-27(34-22)28(31-19-23-11-5-2-6-12-23)29(32-20-24-13-7-3-8-14-24)30(35-26)33-21-25-15-9-4-10-16-25/h2-17,26-30H,18-21H2,1H3/t26-,27-,28+,29-,30-/m0/s1. The molecular formula is C30H32O5. The molecular weight excluding hydrogens is 440 g/mol. The number of hydrogen-bond acceptors (Lipinski definition) is 5. The summed E-state index contributed by atoms with van der Waals surface area (Å²) in [6.07, 6.45) is 0.957.